The molecule has 2 saturated heterocycles. The molecule has 298 valence electrons. The van der Waals surface area contributed by atoms with E-state index in [1.165, 1.54) is 64.2 Å². The van der Waals surface area contributed by atoms with Crippen LogP contribution >= 0.6 is 0 Å². The van der Waals surface area contributed by atoms with E-state index in [1.807, 2.05) is 12.0 Å². The van der Waals surface area contributed by atoms with Crippen LogP contribution in [-0.4, -0.2) is 133 Å². The minimum Gasteiger partial charge on any atom is -0.391 e. The third-order valence-electron chi connectivity index (χ3n) is 16.0. The first kappa shape index (κ1) is 38.1. The van der Waals surface area contributed by atoms with E-state index in [9.17, 15) is 19.5 Å². The zero-order chi connectivity index (χ0) is 36.9. The number of likely N-dealkylation sites (tertiary alicyclic amines) is 1. The Kier molecular flexibility index (Phi) is 11.3. The van der Waals surface area contributed by atoms with Crippen molar-refractivity contribution in [3.8, 4) is 0 Å². The normalized spacial score (nSPS) is 42.1. The van der Waals surface area contributed by atoms with Crippen LogP contribution < -0.4 is 5.32 Å². The summed E-state index contributed by atoms with van der Waals surface area (Å²) in [4.78, 5) is 52.5. The molecule has 10 nitrogen and oxygen atoms in total. The van der Waals surface area contributed by atoms with Gasteiger partial charge in [0, 0.05) is 58.8 Å². The second-order valence-electron chi connectivity index (χ2n) is 20.1. The molecule has 53 heavy (non-hydrogen) atoms. The number of β-amino-alcohol motifs (C(OH)–C–C–N with tert-alkyl or cyclic N) is 1. The number of aliphatic hydroxyl groups excluding tert-OH is 1. The Hall–Kier alpha value is -1.75. The fourth-order valence-electron chi connectivity index (χ4n) is 14.4. The largest absolute Gasteiger partial charge is 0.391 e. The highest BCUT2D eigenvalue weighted by atomic mass is 16.5. The van der Waals surface area contributed by atoms with Crippen LogP contribution in [0.15, 0.2) is 0 Å². The van der Waals surface area contributed by atoms with Crippen molar-refractivity contribution in [3.63, 3.8) is 0 Å². The van der Waals surface area contributed by atoms with E-state index in [4.69, 9.17) is 4.74 Å². The van der Waals surface area contributed by atoms with Crippen molar-refractivity contribution in [1.82, 2.24) is 24.9 Å². The van der Waals surface area contributed by atoms with Crippen LogP contribution in [0.2, 0.25) is 0 Å². The average molecular weight is 738 g/mol. The summed E-state index contributed by atoms with van der Waals surface area (Å²) in [6.07, 6.45) is 20.4. The molecule has 9 fully saturated rings. The summed E-state index contributed by atoms with van der Waals surface area (Å²) >= 11 is 0. The van der Waals surface area contributed by atoms with E-state index < -0.39 is 23.6 Å². The number of piperazine rings is 1. The second-order valence-corrected chi connectivity index (χ2v) is 20.1. The Labute approximate surface area is 319 Å². The highest BCUT2D eigenvalue weighted by Crippen LogP contribution is 2.66. The van der Waals surface area contributed by atoms with E-state index in [1.54, 1.807) is 4.90 Å². The molecular weight excluding hydrogens is 667 g/mol. The molecule has 2 aliphatic heterocycles. The van der Waals surface area contributed by atoms with Crippen LogP contribution in [0, 0.1) is 40.4 Å². The summed E-state index contributed by atoms with van der Waals surface area (Å²) in [5.74, 6) is 3.03. The van der Waals surface area contributed by atoms with Crippen molar-refractivity contribution < 1.29 is 24.2 Å². The number of fused-ring (bicyclic) bond motifs is 1. The molecule has 10 heteroatoms. The van der Waals surface area contributed by atoms with Gasteiger partial charge in [-0.25, -0.2) is 0 Å². The number of nitrogens with one attached hydrogen (secondary N) is 1. The Morgan fingerprint density at radius 2 is 1.55 bits per heavy atom. The van der Waals surface area contributed by atoms with Crippen molar-refractivity contribution in [2.75, 3.05) is 60.5 Å². The molecule has 4 bridgehead atoms. The molecule has 9 aliphatic rings. The summed E-state index contributed by atoms with van der Waals surface area (Å²) in [6, 6.07) is -0.914. The van der Waals surface area contributed by atoms with Gasteiger partial charge in [-0.05, 0) is 120 Å². The fraction of sp³-hybridized carbons (Fsp3) is 0.930. The monoisotopic (exact) mass is 738 g/mol. The van der Waals surface area contributed by atoms with Crippen LogP contribution in [0.25, 0.3) is 0 Å². The molecule has 7 aliphatic carbocycles. The van der Waals surface area contributed by atoms with Crippen LogP contribution in [0.5, 0.6) is 0 Å². The lowest BCUT2D eigenvalue weighted by atomic mass is 9.43. The summed E-state index contributed by atoms with van der Waals surface area (Å²) in [7, 11) is 6.13. The molecule has 7 saturated carbocycles. The van der Waals surface area contributed by atoms with Gasteiger partial charge in [-0.2, -0.15) is 0 Å². The number of ether oxygens (including phenoxy) is 1. The molecule has 2 heterocycles. The highest BCUT2D eigenvalue weighted by Gasteiger charge is 2.62. The van der Waals surface area contributed by atoms with Gasteiger partial charge in [0.1, 0.15) is 12.1 Å². The van der Waals surface area contributed by atoms with E-state index in [-0.39, 0.29) is 42.2 Å². The SMILES string of the molecule is COC1CCCCC1N1CCN(C(=O)C(CC2CCC3CCCCC3C2)NC(=O)[C@H]2C[C@@H](O)CN2C(=O)C23CC4CC(CC(CN(C)C)(C4)C2)C3)CC1. The molecule has 10 atom stereocenters. The highest BCUT2D eigenvalue weighted by molar-refractivity contribution is 5.94. The molecular formula is C43H71N5O5. The number of carbonyl (C=O) groups is 3. The minimum absolute atomic E-state index is 0.0406. The molecule has 3 amide bonds. The van der Waals surface area contributed by atoms with E-state index in [0.717, 1.165) is 76.4 Å². The van der Waals surface area contributed by atoms with Crippen LogP contribution in [0.4, 0.5) is 0 Å². The summed E-state index contributed by atoms with van der Waals surface area (Å²) < 4.78 is 5.89. The Balaban J connectivity index is 0.974. The van der Waals surface area contributed by atoms with Gasteiger partial charge in [-0.1, -0.05) is 44.9 Å². The number of hydrogen-bond donors (Lipinski definition) is 2. The first-order chi connectivity index (χ1) is 25.5. The number of amides is 3. The number of aliphatic hydroxyl groups is 1. The van der Waals surface area contributed by atoms with Crippen molar-refractivity contribution in [1.29, 1.82) is 0 Å². The standard InChI is InChI=1S/C43H71N5O5/c1-45(2)28-42-22-30-18-31(23-42)25-43(24-30,27-42)41(52)48-26-34(49)21-37(48)39(50)44-35(20-29-12-13-32-8-4-5-9-33(32)19-29)40(51)47-16-14-46(15-17-47)36-10-6-7-11-38(36)53-3/h29-38,49H,4-28H2,1-3H3,(H,44,50)/t29?,30?,31?,32?,33?,34-,35?,36?,37-,38?,42?,43?/m1/s1. The maximum absolute atomic E-state index is 14.8. The zero-order valence-corrected chi connectivity index (χ0v) is 33.3. The molecule has 0 aromatic heterocycles. The molecule has 2 N–H and O–H groups in total. The van der Waals surface area contributed by atoms with Gasteiger partial charge in [0.25, 0.3) is 0 Å². The number of methoxy groups -OCH3 is 1. The Morgan fingerprint density at radius 1 is 0.849 bits per heavy atom. The van der Waals surface area contributed by atoms with Gasteiger partial charge >= 0.3 is 0 Å². The van der Waals surface area contributed by atoms with Crippen LogP contribution in [0.3, 0.4) is 0 Å². The summed E-state index contributed by atoms with van der Waals surface area (Å²) in [5, 5.41) is 14.3. The van der Waals surface area contributed by atoms with Gasteiger partial charge in [-0.15, -0.1) is 0 Å². The van der Waals surface area contributed by atoms with Crippen molar-refractivity contribution in [2.45, 2.75) is 152 Å². The molecule has 0 aromatic carbocycles. The lowest BCUT2D eigenvalue weighted by Gasteiger charge is -2.62. The van der Waals surface area contributed by atoms with Gasteiger partial charge in [0.05, 0.1) is 17.6 Å². The zero-order valence-electron chi connectivity index (χ0n) is 33.3. The second kappa shape index (κ2) is 15.7. The molecule has 9 rings (SSSR count). The van der Waals surface area contributed by atoms with E-state index >= 15 is 0 Å². The first-order valence-electron chi connectivity index (χ1n) is 22.0. The summed E-state index contributed by atoms with van der Waals surface area (Å²) in [5.41, 5.74) is -0.268. The predicted molar refractivity (Wildman–Crippen MR) is 205 cm³/mol. The van der Waals surface area contributed by atoms with Gasteiger partial charge in [0.2, 0.25) is 17.7 Å². The van der Waals surface area contributed by atoms with Gasteiger partial charge in [0.15, 0.2) is 0 Å². The predicted octanol–water partition coefficient (Wildman–Crippen LogP) is 4.68. The molecule has 0 aromatic rings. The van der Waals surface area contributed by atoms with Crippen molar-refractivity contribution in [2.24, 2.45) is 40.4 Å². The first-order valence-corrected chi connectivity index (χ1v) is 22.0. The third kappa shape index (κ3) is 7.83. The molecule has 8 unspecified atom stereocenters. The maximum Gasteiger partial charge on any atom is 0.245 e. The topological polar surface area (TPSA) is 106 Å². The maximum atomic E-state index is 14.8. The number of carbonyl (C=O) groups excluding carboxylic acids is 3. The van der Waals surface area contributed by atoms with E-state index in [0.29, 0.717) is 43.3 Å². The third-order valence-corrected chi connectivity index (χ3v) is 16.0. The minimum atomic E-state index is -0.728. The Bertz CT molecular complexity index is 1310. The van der Waals surface area contributed by atoms with Gasteiger partial charge < -0.3 is 29.9 Å². The van der Waals surface area contributed by atoms with Crippen LogP contribution in [-0.2, 0) is 19.1 Å². The van der Waals surface area contributed by atoms with Crippen LogP contribution in [0.1, 0.15) is 122 Å². The number of rotatable bonds is 10. The smallest absolute Gasteiger partial charge is 0.245 e. The number of hydrogen-bond acceptors (Lipinski definition) is 7. The average Bonchev–Trinajstić information content (AvgIpc) is 3.54. The van der Waals surface area contributed by atoms with Gasteiger partial charge in [-0.3, -0.25) is 19.3 Å². The summed E-state index contributed by atoms with van der Waals surface area (Å²) in [6.45, 7) is 4.22. The van der Waals surface area contributed by atoms with E-state index in [2.05, 4.69) is 29.2 Å². The molecule has 0 radical (unpaired) electrons. The lowest BCUT2D eigenvalue weighted by Crippen LogP contribution is -2.62. The lowest BCUT2D eigenvalue weighted by molar-refractivity contribution is -0.171. The van der Waals surface area contributed by atoms with Crippen molar-refractivity contribution in [3.05, 3.63) is 0 Å². The quantitative estimate of drug-likeness (QED) is 0.336. The molecule has 0 spiro atoms. The van der Waals surface area contributed by atoms with Crippen molar-refractivity contribution >= 4 is 17.7 Å². The Morgan fingerprint density at radius 3 is 2.26 bits per heavy atom. The number of nitrogens with zero attached hydrogens (tertiary/aromatic N) is 4. The fourth-order valence-corrected chi connectivity index (χ4v) is 14.4.